The molecule has 0 saturated heterocycles. The van der Waals surface area contributed by atoms with Crippen molar-refractivity contribution in [3.05, 3.63) is 0 Å². The molecule has 5 N–H and O–H groups in total. The molecule has 0 radical (unpaired) electrons. The van der Waals surface area contributed by atoms with Crippen molar-refractivity contribution in [1.29, 1.82) is 0 Å². The van der Waals surface area contributed by atoms with Crippen molar-refractivity contribution in [2.24, 2.45) is 10.9 Å². The number of rotatable bonds is 8. The van der Waals surface area contributed by atoms with Gasteiger partial charge in [0, 0.05) is 6.61 Å². The molecule has 0 spiro atoms. The standard InChI is InChI=1S/C8H19N3O2/c9-8(11-13)7-10-5-3-1-2-4-6-12/h10,12-13H,1-7H2,(H2,9,11). The summed E-state index contributed by atoms with van der Waals surface area (Å²) in [7, 11) is 0. The Morgan fingerprint density at radius 2 is 1.92 bits per heavy atom. The first kappa shape index (κ1) is 12.2. The molecule has 78 valence electrons. The summed E-state index contributed by atoms with van der Waals surface area (Å²) >= 11 is 0. The van der Waals surface area contributed by atoms with E-state index in [4.69, 9.17) is 16.0 Å². The fraction of sp³-hybridized carbons (Fsp3) is 0.875. The molecule has 0 fully saturated rings. The molecule has 0 rings (SSSR count). The fourth-order valence-corrected chi connectivity index (χ4v) is 0.967. The molecule has 13 heavy (non-hydrogen) atoms. The number of nitrogens with one attached hydrogen (secondary N) is 1. The van der Waals surface area contributed by atoms with E-state index in [1.54, 1.807) is 0 Å². The van der Waals surface area contributed by atoms with Crippen LogP contribution in [0.2, 0.25) is 0 Å². The molecular weight excluding hydrogens is 170 g/mol. The Hall–Kier alpha value is -0.810. The first-order valence-electron chi connectivity index (χ1n) is 4.59. The summed E-state index contributed by atoms with van der Waals surface area (Å²) in [6.45, 7) is 1.57. The first-order chi connectivity index (χ1) is 6.31. The molecule has 0 aromatic rings. The summed E-state index contributed by atoms with van der Waals surface area (Å²) < 4.78 is 0. The predicted molar refractivity (Wildman–Crippen MR) is 51.8 cm³/mol. The molecule has 0 amide bonds. The molecule has 0 bridgehead atoms. The fourth-order valence-electron chi connectivity index (χ4n) is 0.967. The molecule has 0 saturated carbocycles. The lowest BCUT2D eigenvalue weighted by molar-refractivity contribution is 0.282. The van der Waals surface area contributed by atoms with E-state index in [0.29, 0.717) is 6.54 Å². The van der Waals surface area contributed by atoms with Crippen LogP contribution in [-0.4, -0.2) is 35.8 Å². The van der Waals surface area contributed by atoms with Gasteiger partial charge in [-0.1, -0.05) is 18.0 Å². The third kappa shape index (κ3) is 9.10. The molecule has 5 nitrogen and oxygen atoms in total. The number of aliphatic hydroxyl groups excluding tert-OH is 1. The van der Waals surface area contributed by atoms with Crippen LogP contribution in [0.3, 0.4) is 0 Å². The predicted octanol–water partition coefficient (Wildman–Crippen LogP) is -0.125. The molecule has 0 aliphatic carbocycles. The van der Waals surface area contributed by atoms with Crippen LogP contribution in [0.1, 0.15) is 25.7 Å². The molecule has 0 aliphatic heterocycles. The van der Waals surface area contributed by atoms with Gasteiger partial charge in [0.25, 0.3) is 0 Å². The highest BCUT2D eigenvalue weighted by Crippen LogP contribution is 1.97. The average molecular weight is 189 g/mol. The first-order valence-corrected chi connectivity index (χ1v) is 4.59. The zero-order valence-corrected chi connectivity index (χ0v) is 7.87. The Morgan fingerprint density at radius 3 is 2.54 bits per heavy atom. The van der Waals surface area contributed by atoms with Crippen LogP contribution >= 0.6 is 0 Å². The molecule has 0 unspecified atom stereocenters. The van der Waals surface area contributed by atoms with Crippen LogP contribution in [0.5, 0.6) is 0 Å². The smallest absolute Gasteiger partial charge is 0.153 e. The van der Waals surface area contributed by atoms with Crippen molar-refractivity contribution in [3.8, 4) is 0 Å². The monoisotopic (exact) mass is 189 g/mol. The average Bonchev–Trinajstić information content (AvgIpc) is 2.16. The molecule has 0 aliphatic rings. The quantitative estimate of drug-likeness (QED) is 0.141. The second-order valence-corrected chi connectivity index (χ2v) is 2.91. The van der Waals surface area contributed by atoms with Crippen LogP contribution < -0.4 is 11.1 Å². The van der Waals surface area contributed by atoms with Gasteiger partial charge in [-0.25, -0.2) is 0 Å². The van der Waals surface area contributed by atoms with Gasteiger partial charge in [0.05, 0.1) is 6.54 Å². The van der Waals surface area contributed by atoms with Gasteiger partial charge in [-0.2, -0.15) is 0 Å². The van der Waals surface area contributed by atoms with Crippen molar-refractivity contribution in [2.45, 2.75) is 25.7 Å². The van der Waals surface area contributed by atoms with E-state index in [9.17, 15) is 0 Å². The largest absolute Gasteiger partial charge is 0.409 e. The maximum absolute atomic E-state index is 8.50. The number of hydrogen-bond donors (Lipinski definition) is 4. The van der Waals surface area contributed by atoms with Crippen molar-refractivity contribution < 1.29 is 10.3 Å². The number of unbranched alkanes of at least 4 members (excludes halogenated alkanes) is 3. The third-order valence-corrected chi connectivity index (χ3v) is 1.70. The lowest BCUT2D eigenvalue weighted by Gasteiger charge is -2.02. The second kappa shape index (κ2) is 9.28. The Balaban J connectivity index is 3.00. The number of amidine groups is 1. The summed E-state index contributed by atoms with van der Waals surface area (Å²) in [5.74, 6) is 0.204. The number of nitrogens with two attached hydrogens (primary N) is 1. The molecule has 0 aromatic heterocycles. The third-order valence-electron chi connectivity index (χ3n) is 1.70. The maximum atomic E-state index is 8.50. The van der Waals surface area contributed by atoms with Gasteiger partial charge >= 0.3 is 0 Å². The summed E-state index contributed by atoms with van der Waals surface area (Å²) in [6, 6.07) is 0. The van der Waals surface area contributed by atoms with E-state index in [-0.39, 0.29) is 12.4 Å². The molecule has 0 atom stereocenters. The van der Waals surface area contributed by atoms with Gasteiger partial charge in [-0.05, 0) is 19.4 Å². The van der Waals surface area contributed by atoms with Crippen LogP contribution in [0.15, 0.2) is 5.16 Å². The Labute approximate surface area is 78.6 Å². The second-order valence-electron chi connectivity index (χ2n) is 2.91. The van der Waals surface area contributed by atoms with Crippen molar-refractivity contribution in [1.82, 2.24) is 5.32 Å². The van der Waals surface area contributed by atoms with Gasteiger partial charge in [-0.3, -0.25) is 0 Å². The molecule has 0 aromatic carbocycles. The number of nitrogens with zero attached hydrogens (tertiary/aromatic N) is 1. The van der Waals surface area contributed by atoms with E-state index in [1.807, 2.05) is 0 Å². The zero-order valence-electron chi connectivity index (χ0n) is 7.87. The minimum atomic E-state index is 0.204. The molecular formula is C8H19N3O2. The summed E-state index contributed by atoms with van der Waals surface area (Å²) in [5.41, 5.74) is 5.24. The Morgan fingerprint density at radius 1 is 1.23 bits per heavy atom. The highest BCUT2D eigenvalue weighted by atomic mass is 16.4. The van der Waals surface area contributed by atoms with Gasteiger partial charge < -0.3 is 21.4 Å². The topological polar surface area (TPSA) is 90.9 Å². The van der Waals surface area contributed by atoms with Gasteiger partial charge in [0.2, 0.25) is 0 Å². The summed E-state index contributed by atoms with van der Waals surface area (Å²) in [5, 5.41) is 22.6. The van der Waals surface area contributed by atoms with Gasteiger partial charge in [-0.15, -0.1) is 0 Å². The van der Waals surface area contributed by atoms with E-state index in [2.05, 4.69) is 10.5 Å². The number of oxime groups is 1. The lowest BCUT2D eigenvalue weighted by Crippen LogP contribution is -2.29. The summed E-state index contributed by atoms with van der Waals surface area (Å²) in [4.78, 5) is 0. The van der Waals surface area contributed by atoms with E-state index in [0.717, 1.165) is 32.2 Å². The van der Waals surface area contributed by atoms with Crippen molar-refractivity contribution >= 4 is 5.84 Å². The lowest BCUT2D eigenvalue weighted by atomic mass is 10.2. The Kier molecular flexibility index (Phi) is 8.70. The highest BCUT2D eigenvalue weighted by Gasteiger charge is 1.92. The van der Waals surface area contributed by atoms with Gasteiger partial charge in [0.1, 0.15) is 0 Å². The van der Waals surface area contributed by atoms with Gasteiger partial charge in [0.15, 0.2) is 5.84 Å². The highest BCUT2D eigenvalue weighted by molar-refractivity contribution is 5.81. The Bertz CT molecular complexity index is 139. The number of hydrogen-bond acceptors (Lipinski definition) is 4. The van der Waals surface area contributed by atoms with Crippen LogP contribution in [0.4, 0.5) is 0 Å². The van der Waals surface area contributed by atoms with Crippen molar-refractivity contribution in [2.75, 3.05) is 19.7 Å². The normalized spacial score (nSPS) is 11.9. The SMILES string of the molecule is NC(CNCCCCCCO)=NO. The van der Waals surface area contributed by atoms with E-state index < -0.39 is 0 Å². The summed E-state index contributed by atoms with van der Waals surface area (Å²) in [6.07, 6.45) is 4.09. The van der Waals surface area contributed by atoms with Crippen LogP contribution in [0.25, 0.3) is 0 Å². The van der Waals surface area contributed by atoms with Crippen molar-refractivity contribution in [3.63, 3.8) is 0 Å². The minimum absolute atomic E-state index is 0.204. The van der Waals surface area contributed by atoms with E-state index in [1.165, 1.54) is 0 Å². The van der Waals surface area contributed by atoms with E-state index >= 15 is 0 Å². The zero-order chi connectivity index (χ0) is 9.94. The molecule has 5 heteroatoms. The van der Waals surface area contributed by atoms with Crippen LogP contribution in [0, 0.1) is 0 Å². The molecule has 0 heterocycles. The number of aliphatic hydroxyl groups is 1. The maximum Gasteiger partial charge on any atom is 0.153 e. The minimum Gasteiger partial charge on any atom is -0.409 e. The van der Waals surface area contributed by atoms with Crippen LogP contribution in [-0.2, 0) is 0 Å².